The zero-order valence-electron chi connectivity index (χ0n) is 19.3. The lowest BCUT2D eigenvalue weighted by Gasteiger charge is -2.30. The topological polar surface area (TPSA) is 67.9 Å². The van der Waals surface area contributed by atoms with Gasteiger partial charge < -0.3 is 19.7 Å². The van der Waals surface area contributed by atoms with Gasteiger partial charge in [-0.15, -0.1) is 0 Å². The number of hydrogen-bond donors (Lipinski definition) is 1. The first-order chi connectivity index (χ1) is 15.3. The number of benzene rings is 2. The highest BCUT2D eigenvalue weighted by molar-refractivity contribution is 6.30. The molecule has 174 valence electrons. The summed E-state index contributed by atoms with van der Waals surface area (Å²) >= 11 is 6.11. The van der Waals surface area contributed by atoms with Gasteiger partial charge in [0.25, 0.3) is 0 Å². The molecule has 0 unspecified atom stereocenters. The number of nitrogens with one attached hydrogen (secondary N) is 1. The second-order valence-electron chi connectivity index (χ2n) is 7.77. The molecule has 0 aromatic heterocycles. The Bertz CT molecular complexity index is 873. The maximum atomic E-state index is 13.1. The van der Waals surface area contributed by atoms with Crippen LogP contribution in [0.15, 0.2) is 48.5 Å². The van der Waals surface area contributed by atoms with Gasteiger partial charge in [-0.3, -0.25) is 9.59 Å². The normalized spacial score (nSPS) is 12.5. The van der Waals surface area contributed by atoms with E-state index in [0.717, 1.165) is 23.5 Å². The van der Waals surface area contributed by atoms with Crippen LogP contribution in [0, 0.1) is 0 Å². The summed E-state index contributed by atoms with van der Waals surface area (Å²) in [4.78, 5) is 27.4. The molecule has 2 amide bonds. The van der Waals surface area contributed by atoms with Gasteiger partial charge >= 0.3 is 0 Å². The van der Waals surface area contributed by atoms with Crippen LogP contribution in [0.5, 0.6) is 11.5 Å². The molecule has 0 heterocycles. The number of rotatable bonds is 12. The fraction of sp³-hybridized carbons (Fsp3) is 0.440. The summed E-state index contributed by atoms with van der Waals surface area (Å²) in [6.45, 7) is 6.43. The van der Waals surface area contributed by atoms with Gasteiger partial charge in [0.2, 0.25) is 11.8 Å². The highest BCUT2D eigenvalue weighted by Crippen LogP contribution is 2.18. The van der Waals surface area contributed by atoms with Crippen LogP contribution in [0.25, 0.3) is 0 Å². The predicted octanol–water partition coefficient (Wildman–Crippen LogP) is 4.84. The zero-order valence-corrected chi connectivity index (χ0v) is 20.0. The molecule has 0 spiro atoms. The van der Waals surface area contributed by atoms with Gasteiger partial charge in [-0.1, -0.05) is 30.7 Å². The summed E-state index contributed by atoms with van der Waals surface area (Å²) in [6.07, 6.45) is 1.64. The standard InChI is InChI=1S/C25H33ClN2O4/c1-5-18(2)27-25(30)19(3)28(17-20-8-6-9-21(26)16-20)24(29)10-7-15-32-23-13-11-22(31-4)12-14-23/h6,8-9,11-14,16,18-19H,5,7,10,15,17H2,1-4H3,(H,27,30)/t18-,19-/m0/s1. The van der Waals surface area contributed by atoms with Gasteiger partial charge in [-0.2, -0.15) is 0 Å². The lowest BCUT2D eigenvalue weighted by Crippen LogP contribution is -2.49. The maximum absolute atomic E-state index is 13.1. The molecule has 2 aromatic carbocycles. The highest BCUT2D eigenvalue weighted by Gasteiger charge is 2.26. The van der Waals surface area contributed by atoms with E-state index >= 15 is 0 Å². The number of carbonyl (C=O) groups is 2. The summed E-state index contributed by atoms with van der Waals surface area (Å²) in [6, 6.07) is 14.1. The van der Waals surface area contributed by atoms with E-state index in [-0.39, 0.29) is 24.3 Å². The van der Waals surface area contributed by atoms with Crippen LogP contribution in [0.1, 0.15) is 45.6 Å². The molecule has 0 saturated carbocycles. The Morgan fingerprint density at radius 1 is 1.09 bits per heavy atom. The van der Waals surface area contributed by atoms with Crippen molar-refractivity contribution in [3.63, 3.8) is 0 Å². The molecule has 2 rings (SSSR count). The lowest BCUT2D eigenvalue weighted by atomic mass is 10.1. The third-order valence-corrected chi connectivity index (χ3v) is 5.51. The van der Waals surface area contributed by atoms with Gasteiger partial charge in [0.1, 0.15) is 17.5 Å². The second kappa shape index (κ2) is 13.0. The second-order valence-corrected chi connectivity index (χ2v) is 8.21. The molecule has 0 fully saturated rings. The zero-order chi connectivity index (χ0) is 23.5. The number of nitrogens with zero attached hydrogens (tertiary/aromatic N) is 1. The third-order valence-electron chi connectivity index (χ3n) is 5.27. The first-order valence-electron chi connectivity index (χ1n) is 10.9. The van der Waals surface area contributed by atoms with Gasteiger partial charge in [0.05, 0.1) is 13.7 Å². The minimum absolute atomic E-state index is 0.0472. The van der Waals surface area contributed by atoms with E-state index < -0.39 is 6.04 Å². The molecular formula is C25H33ClN2O4. The van der Waals surface area contributed by atoms with Crippen molar-refractivity contribution in [3.8, 4) is 11.5 Å². The molecule has 1 N–H and O–H groups in total. The lowest BCUT2D eigenvalue weighted by molar-refractivity contribution is -0.141. The fourth-order valence-electron chi connectivity index (χ4n) is 3.11. The van der Waals surface area contributed by atoms with E-state index in [0.29, 0.717) is 24.6 Å². The van der Waals surface area contributed by atoms with Crippen LogP contribution >= 0.6 is 11.6 Å². The Morgan fingerprint density at radius 3 is 2.41 bits per heavy atom. The molecule has 2 atom stereocenters. The smallest absolute Gasteiger partial charge is 0.242 e. The van der Waals surface area contributed by atoms with Crippen molar-refractivity contribution in [3.05, 3.63) is 59.1 Å². The average Bonchev–Trinajstić information content (AvgIpc) is 2.80. The summed E-state index contributed by atoms with van der Waals surface area (Å²) in [5.41, 5.74) is 0.878. The van der Waals surface area contributed by atoms with Crippen LogP contribution < -0.4 is 14.8 Å². The van der Waals surface area contributed by atoms with Crippen LogP contribution in [0.2, 0.25) is 5.02 Å². The fourth-order valence-corrected chi connectivity index (χ4v) is 3.32. The van der Waals surface area contributed by atoms with E-state index in [9.17, 15) is 9.59 Å². The maximum Gasteiger partial charge on any atom is 0.242 e. The largest absolute Gasteiger partial charge is 0.497 e. The molecule has 32 heavy (non-hydrogen) atoms. The van der Waals surface area contributed by atoms with Crippen molar-refractivity contribution in [2.75, 3.05) is 13.7 Å². The Kier molecular flexibility index (Phi) is 10.3. The van der Waals surface area contributed by atoms with E-state index in [1.165, 1.54) is 0 Å². The summed E-state index contributed by atoms with van der Waals surface area (Å²) in [5, 5.41) is 3.56. The number of halogens is 1. The summed E-state index contributed by atoms with van der Waals surface area (Å²) in [7, 11) is 1.61. The third kappa shape index (κ3) is 8.08. The van der Waals surface area contributed by atoms with Gasteiger partial charge in [-0.05, 0) is 68.7 Å². The number of ether oxygens (including phenoxy) is 2. The summed E-state index contributed by atoms with van der Waals surface area (Å²) < 4.78 is 10.9. The van der Waals surface area contributed by atoms with E-state index in [1.54, 1.807) is 25.0 Å². The van der Waals surface area contributed by atoms with Crippen LogP contribution in [0.3, 0.4) is 0 Å². The molecular weight excluding hydrogens is 428 g/mol. The van der Waals surface area contributed by atoms with Crippen molar-refractivity contribution in [2.24, 2.45) is 0 Å². The quantitative estimate of drug-likeness (QED) is 0.460. The van der Waals surface area contributed by atoms with Crippen molar-refractivity contribution >= 4 is 23.4 Å². The molecule has 6 nitrogen and oxygen atoms in total. The first-order valence-corrected chi connectivity index (χ1v) is 11.3. The predicted molar refractivity (Wildman–Crippen MR) is 127 cm³/mol. The Morgan fingerprint density at radius 2 is 1.78 bits per heavy atom. The Balaban J connectivity index is 1.99. The molecule has 0 saturated heterocycles. The minimum Gasteiger partial charge on any atom is -0.497 e. The van der Waals surface area contributed by atoms with Crippen LogP contribution in [-0.2, 0) is 16.1 Å². The Hall–Kier alpha value is -2.73. The van der Waals surface area contributed by atoms with Gasteiger partial charge in [-0.25, -0.2) is 0 Å². The van der Waals surface area contributed by atoms with Crippen LogP contribution in [-0.4, -0.2) is 42.5 Å². The SMILES string of the molecule is CC[C@H](C)NC(=O)[C@H](C)N(Cc1cccc(Cl)c1)C(=O)CCCOc1ccc(OC)cc1. The number of methoxy groups -OCH3 is 1. The molecule has 0 aliphatic heterocycles. The molecule has 0 radical (unpaired) electrons. The molecule has 0 aliphatic rings. The van der Waals surface area contributed by atoms with Crippen molar-refractivity contribution in [1.29, 1.82) is 0 Å². The molecule has 7 heteroatoms. The van der Waals surface area contributed by atoms with E-state index in [2.05, 4.69) is 5.32 Å². The van der Waals surface area contributed by atoms with Crippen molar-refractivity contribution < 1.29 is 19.1 Å². The molecule has 2 aromatic rings. The van der Waals surface area contributed by atoms with Crippen molar-refractivity contribution in [1.82, 2.24) is 10.2 Å². The van der Waals surface area contributed by atoms with Gasteiger partial charge in [0.15, 0.2) is 0 Å². The number of amides is 2. The average molecular weight is 461 g/mol. The van der Waals surface area contributed by atoms with E-state index in [4.69, 9.17) is 21.1 Å². The van der Waals surface area contributed by atoms with E-state index in [1.807, 2.05) is 56.3 Å². The number of carbonyl (C=O) groups excluding carboxylic acids is 2. The minimum atomic E-state index is -0.599. The van der Waals surface area contributed by atoms with Crippen molar-refractivity contribution in [2.45, 2.75) is 58.7 Å². The first kappa shape index (κ1) is 25.5. The Labute approximate surface area is 195 Å². The molecule has 0 bridgehead atoms. The highest BCUT2D eigenvalue weighted by atomic mass is 35.5. The number of hydrogen-bond acceptors (Lipinski definition) is 4. The van der Waals surface area contributed by atoms with Gasteiger partial charge in [0, 0.05) is 24.0 Å². The summed E-state index contributed by atoms with van der Waals surface area (Å²) in [5.74, 6) is 1.21. The molecule has 0 aliphatic carbocycles. The monoisotopic (exact) mass is 460 g/mol. The van der Waals surface area contributed by atoms with Crippen LogP contribution in [0.4, 0.5) is 0 Å².